The average Bonchev–Trinajstić information content (AvgIpc) is 3.20. The minimum atomic E-state index is -0.225. The highest BCUT2D eigenvalue weighted by Gasteiger charge is 2.18. The topological polar surface area (TPSA) is 76.7 Å². The van der Waals surface area contributed by atoms with Gasteiger partial charge in [-0.1, -0.05) is 34.1 Å². The van der Waals surface area contributed by atoms with Gasteiger partial charge in [0.2, 0.25) is 5.91 Å². The number of nitrogens with one attached hydrogen (secondary N) is 2. The smallest absolute Gasteiger partial charge is 0.253 e. The fraction of sp³-hybridized carbons (Fsp3) is 0.333. The Morgan fingerprint density at radius 1 is 1.18 bits per heavy atom. The molecule has 0 spiro atoms. The van der Waals surface area contributed by atoms with Gasteiger partial charge in [-0.2, -0.15) is 0 Å². The minimum Gasteiger partial charge on any atom is -0.493 e. The Morgan fingerprint density at radius 2 is 2.04 bits per heavy atom. The zero-order valence-corrected chi connectivity index (χ0v) is 17.0. The number of anilines is 1. The summed E-state index contributed by atoms with van der Waals surface area (Å²) < 4.78 is 12.0. The van der Waals surface area contributed by atoms with Crippen LogP contribution in [-0.2, 0) is 9.53 Å². The number of rotatable bonds is 8. The first-order chi connectivity index (χ1) is 13.6. The van der Waals surface area contributed by atoms with Crippen molar-refractivity contribution in [1.82, 2.24) is 5.32 Å². The summed E-state index contributed by atoms with van der Waals surface area (Å²) >= 11 is 3.38. The number of hydrogen-bond donors (Lipinski definition) is 2. The number of halogens is 1. The molecule has 3 rings (SSSR count). The fourth-order valence-corrected chi connectivity index (χ4v) is 3.31. The van der Waals surface area contributed by atoms with E-state index >= 15 is 0 Å². The first-order valence-corrected chi connectivity index (χ1v) is 10.1. The second kappa shape index (κ2) is 10.2. The summed E-state index contributed by atoms with van der Waals surface area (Å²) in [6, 6.07) is 14.4. The molecule has 6 nitrogen and oxygen atoms in total. The van der Waals surface area contributed by atoms with Gasteiger partial charge >= 0.3 is 0 Å². The maximum Gasteiger partial charge on any atom is 0.253 e. The molecule has 1 aliphatic rings. The molecule has 2 amide bonds. The van der Waals surface area contributed by atoms with Gasteiger partial charge in [0.1, 0.15) is 5.75 Å². The molecule has 7 heteroatoms. The SMILES string of the molecule is O=C(CCOc1cccc(Br)c1)Nc1ccccc1C(=O)NCC1CCCO1. The van der Waals surface area contributed by atoms with Crippen molar-refractivity contribution in [2.24, 2.45) is 0 Å². The van der Waals surface area contributed by atoms with Gasteiger partial charge in [-0.15, -0.1) is 0 Å². The van der Waals surface area contributed by atoms with E-state index in [4.69, 9.17) is 9.47 Å². The Balaban J connectivity index is 1.50. The first kappa shape index (κ1) is 20.4. The molecule has 0 radical (unpaired) electrons. The quantitative estimate of drug-likeness (QED) is 0.646. The highest BCUT2D eigenvalue weighted by atomic mass is 79.9. The van der Waals surface area contributed by atoms with Crippen LogP contribution in [-0.4, -0.2) is 37.7 Å². The van der Waals surface area contributed by atoms with Gasteiger partial charge in [0.25, 0.3) is 5.91 Å². The lowest BCUT2D eigenvalue weighted by Gasteiger charge is -2.14. The van der Waals surface area contributed by atoms with Crippen molar-refractivity contribution < 1.29 is 19.1 Å². The summed E-state index contributed by atoms with van der Waals surface area (Å²) in [5.74, 6) is 0.252. The molecule has 0 bridgehead atoms. The fourth-order valence-electron chi connectivity index (χ4n) is 2.93. The second-order valence-electron chi connectivity index (χ2n) is 6.49. The van der Waals surface area contributed by atoms with Crippen LogP contribution in [0.1, 0.15) is 29.6 Å². The van der Waals surface area contributed by atoms with E-state index in [1.165, 1.54) is 0 Å². The molecule has 1 unspecified atom stereocenters. The molecule has 0 saturated carbocycles. The van der Waals surface area contributed by atoms with E-state index in [0.29, 0.717) is 23.5 Å². The second-order valence-corrected chi connectivity index (χ2v) is 7.41. The lowest BCUT2D eigenvalue weighted by atomic mass is 10.1. The van der Waals surface area contributed by atoms with Crippen LogP contribution >= 0.6 is 15.9 Å². The van der Waals surface area contributed by atoms with E-state index in [2.05, 4.69) is 26.6 Å². The first-order valence-electron chi connectivity index (χ1n) is 9.29. The van der Waals surface area contributed by atoms with Crippen molar-refractivity contribution >= 4 is 33.4 Å². The molecule has 28 heavy (non-hydrogen) atoms. The van der Waals surface area contributed by atoms with Crippen molar-refractivity contribution in [3.8, 4) is 5.75 Å². The number of ether oxygens (including phenoxy) is 2. The predicted molar refractivity (Wildman–Crippen MR) is 111 cm³/mol. The van der Waals surface area contributed by atoms with Crippen LogP contribution in [0.3, 0.4) is 0 Å². The number of para-hydroxylation sites is 1. The third kappa shape index (κ3) is 6.07. The van der Waals surface area contributed by atoms with E-state index in [1.807, 2.05) is 24.3 Å². The summed E-state index contributed by atoms with van der Waals surface area (Å²) in [5.41, 5.74) is 0.918. The number of carbonyl (C=O) groups is 2. The summed E-state index contributed by atoms with van der Waals surface area (Å²) in [5, 5.41) is 5.68. The zero-order valence-electron chi connectivity index (χ0n) is 15.4. The monoisotopic (exact) mass is 446 g/mol. The molecule has 0 aliphatic carbocycles. The maximum absolute atomic E-state index is 12.5. The maximum atomic E-state index is 12.5. The normalized spacial score (nSPS) is 15.8. The Morgan fingerprint density at radius 3 is 2.82 bits per heavy atom. The van der Waals surface area contributed by atoms with E-state index in [0.717, 1.165) is 23.9 Å². The molecular formula is C21H23BrN2O4. The van der Waals surface area contributed by atoms with Gasteiger partial charge < -0.3 is 20.1 Å². The van der Waals surface area contributed by atoms with Crippen molar-refractivity contribution in [2.75, 3.05) is 25.1 Å². The van der Waals surface area contributed by atoms with Gasteiger partial charge in [0.15, 0.2) is 0 Å². The van der Waals surface area contributed by atoms with Gasteiger partial charge in [-0.05, 0) is 43.2 Å². The third-order valence-corrected chi connectivity index (χ3v) is 4.85. The number of carbonyl (C=O) groups excluding carboxylic acids is 2. The Bertz CT molecular complexity index is 822. The zero-order chi connectivity index (χ0) is 19.8. The summed E-state index contributed by atoms with van der Waals surface area (Å²) in [7, 11) is 0. The van der Waals surface area contributed by atoms with E-state index in [1.54, 1.807) is 24.3 Å². The third-order valence-electron chi connectivity index (χ3n) is 4.35. The van der Waals surface area contributed by atoms with Gasteiger partial charge in [-0.3, -0.25) is 9.59 Å². The lowest BCUT2D eigenvalue weighted by Crippen LogP contribution is -2.32. The largest absolute Gasteiger partial charge is 0.493 e. The highest BCUT2D eigenvalue weighted by molar-refractivity contribution is 9.10. The average molecular weight is 447 g/mol. The van der Waals surface area contributed by atoms with Gasteiger partial charge in [0.05, 0.1) is 30.4 Å². The standard InChI is InChI=1S/C21H23BrN2O4/c22-15-5-3-6-16(13-15)28-12-10-20(25)24-19-9-2-1-8-18(19)21(26)23-14-17-7-4-11-27-17/h1-3,5-6,8-9,13,17H,4,7,10-12,14H2,(H,23,26)(H,24,25). The molecular weight excluding hydrogens is 424 g/mol. The van der Waals surface area contributed by atoms with Crippen molar-refractivity contribution in [1.29, 1.82) is 0 Å². The van der Waals surface area contributed by atoms with Crippen molar-refractivity contribution in [3.05, 3.63) is 58.6 Å². The number of benzene rings is 2. The van der Waals surface area contributed by atoms with Crippen LogP contribution in [0.4, 0.5) is 5.69 Å². The lowest BCUT2D eigenvalue weighted by molar-refractivity contribution is -0.116. The Labute approximate surface area is 172 Å². The van der Waals surface area contributed by atoms with Crippen LogP contribution in [0.2, 0.25) is 0 Å². The van der Waals surface area contributed by atoms with Gasteiger partial charge in [-0.25, -0.2) is 0 Å². The molecule has 1 heterocycles. The molecule has 1 saturated heterocycles. The molecule has 0 aromatic heterocycles. The Hall–Kier alpha value is -2.38. The summed E-state index contributed by atoms with van der Waals surface area (Å²) in [6.07, 6.45) is 2.23. The number of hydrogen-bond acceptors (Lipinski definition) is 4. The van der Waals surface area contributed by atoms with Gasteiger partial charge in [0, 0.05) is 17.6 Å². The van der Waals surface area contributed by atoms with Crippen LogP contribution in [0.25, 0.3) is 0 Å². The molecule has 2 aromatic carbocycles. The highest BCUT2D eigenvalue weighted by Crippen LogP contribution is 2.19. The summed E-state index contributed by atoms with van der Waals surface area (Å²) in [6.45, 7) is 1.46. The van der Waals surface area contributed by atoms with Crippen LogP contribution in [0.15, 0.2) is 53.0 Å². The molecule has 1 fully saturated rings. The molecule has 1 atom stereocenters. The molecule has 2 aromatic rings. The minimum absolute atomic E-state index is 0.0703. The van der Waals surface area contributed by atoms with Crippen LogP contribution in [0.5, 0.6) is 5.75 Å². The molecule has 1 aliphatic heterocycles. The van der Waals surface area contributed by atoms with Crippen molar-refractivity contribution in [3.63, 3.8) is 0 Å². The predicted octanol–water partition coefficient (Wildman–Crippen LogP) is 3.77. The summed E-state index contributed by atoms with van der Waals surface area (Å²) in [4.78, 5) is 24.7. The molecule has 148 valence electrons. The van der Waals surface area contributed by atoms with Crippen molar-refractivity contribution in [2.45, 2.75) is 25.4 Å². The van der Waals surface area contributed by atoms with Crippen LogP contribution in [0, 0.1) is 0 Å². The Kier molecular flexibility index (Phi) is 7.45. The number of amides is 2. The van der Waals surface area contributed by atoms with Crippen LogP contribution < -0.4 is 15.4 Å². The van der Waals surface area contributed by atoms with E-state index in [9.17, 15) is 9.59 Å². The molecule has 2 N–H and O–H groups in total. The van der Waals surface area contributed by atoms with E-state index < -0.39 is 0 Å². The van der Waals surface area contributed by atoms with E-state index in [-0.39, 0.29) is 30.9 Å².